The first-order chi connectivity index (χ1) is 10.5. The van der Waals surface area contributed by atoms with E-state index in [9.17, 15) is 14.9 Å². The molecular weight excluding hydrogens is 331 g/mol. The molecule has 6 nitrogen and oxygen atoms in total. The van der Waals surface area contributed by atoms with Crippen molar-refractivity contribution in [1.29, 1.82) is 0 Å². The molecule has 2 rings (SSSR count). The molecule has 0 spiro atoms. The van der Waals surface area contributed by atoms with E-state index in [1.807, 2.05) is 0 Å². The molecule has 0 radical (unpaired) electrons. The molecular formula is C14H10Cl2N2O4. The zero-order valence-electron chi connectivity index (χ0n) is 11.1. The second-order valence-corrected chi connectivity index (χ2v) is 5.03. The third-order valence-electron chi connectivity index (χ3n) is 2.63. The van der Waals surface area contributed by atoms with E-state index >= 15 is 0 Å². The number of amides is 1. The van der Waals surface area contributed by atoms with Gasteiger partial charge in [-0.15, -0.1) is 0 Å². The number of nitrogens with one attached hydrogen (secondary N) is 1. The number of hydrogen-bond acceptors (Lipinski definition) is 4. The Morgan fingerprint density at radius 2 is 1.95 bits per heavy atom. The number of halogens is 2. The average Bonchev–Trinajstić information content (AvgIpc) is 2.46. The van der Waals surface area contributed by atoms with Crippen molar-refractivity contribution in [2.45, 2.75) is 0 Å². The SMILES string of the molecule is O=C(COc1ccc(Cl)cc1Cl)Nc1ccccc1[N+](=O)[O-]. The lowest BCUT2D eigenvalue weighted by molar-refractivity contribution is -0.383. The maximum Gasteiger partial charge on any atom is 0.292 e. The van der Waals surface area contributed by atoms with E-state index in [2.05, 4.69) is 5.32 Å². The number of ether oxygens (including phenoxy) is 1. The molecule has 1 amide bonds. The number of nitro benzene ring substituents is 1. The van der Waals surface area contributed by atoms with Crippen LogP contribution in [0.2, 0.25) is 10.0 Å². The van der Waals surface area contributed by atoms with Gasteiger partial charge in [0.2, 0.25) is 0 Å². The summed E-state index contributed by atoms with van der Waals surface area (Å²) >= 11 is 11.7. The minimum absolute atomic E-state index is 0.100. The summed E-state index contributed by atoms with van der Waals surface area (Å²) in [7, 11) is 0. The summed E-state index contributed by atoms with van der Waals surface area (Å²) in [4.78, 5) is 22.1. The monoisotopic (exact) mass is 340 g/mol. The molecule has 8 heteroatoms. The van der Waals surface area contributed by atoms with Gasteiger partial charge in [-0.3, -0.25) is 14.9 Å². The Morgan fingerprint density at radius 1 is 1.23 bits per heavy atom. The second-order valence-electron chi connectivity index (χ2n) is 4.19. The van der Waals surface area contributed by atoms with Gasteiger partial charge in [0.05, 0.1) is 9.95 Å². The average molecular weight is 341 g/mol. The number of nitrogens with zero attached hydrogens (tertiary/aromatic N) is 1. The van der Waals surface area contributed by atoms with Gasteiger partial charge in [0.1, 0.15) is 11.4 Å². The lowest BCUT2D eigenvalue weighted by Gasteiger charge is -2.09. The number of para-hydroxylation sites is 2. The molecule has 0 aliphatic rings. The van der Waals surface area contributed by atoms with Crippen molar-refractivity contribution in [2.75, 3.05) is 11.9 Å². The Morgan fingerprint density at radius 3 is 2.64 bits per heavy atom. The topological polar surface area (TPSA) is 81.5 Å². The molecule has 22 heavy (non-hydrogen) atoms. The van der Waals surface area contributed by atoms with Gasteiger partial charge in [-0.25, -0.2) is 0 Å². The van der Waals surface area contributed by atoms with Crippen LogP contribution in [0.15, 0.2) is 42.5 Å². The summed E-state index contributed by atoms with van der Waals surface area (Å²) in [6.45, 7) is -0.340. The van der Waals surface area contributed by atoms with Crippen LogP contribution < -0.4 is 10.1 Å². The molecule has 0 saturated carbocycles. The smallest absolute Gasteiger partial charge is 0.292 e. The number of hydrogen-bond donors (Lipinski definition) is 1. The number of benzene rings is 2. The fourth-order valence-corrected chi connectivity index (χ4v) is 2.12. The predicted octanol–water partition coefficient (Wildman–Crippen LogP) is 3.92. The first-order valence-corrected chi connectivity index (χ1v) is 6.84. The van der Waals surface area contributed by atoms with Gasteiger partial charge >= 0.3 is 0 Å². The quantitative estimate of drug-likeness (QED) is 0.660. The van der Waals surface area contributed by atoms with Crippen molar-refractivity contribution in [1.82, 2.24) is 0 Å². The summed E-state index contributed by atoms with van der Waals surface area (Å²) in [5.41, 5.74) is -0.0938. The molecule has 0 fully saturated rings. The molecule has 2 aromatic rings. The van der Waals surface area contributed by atoms with Crippen molar-refractivity contribution in [3.63, 3.8) is 0 Å². The van der Waals surface area contributed by atoms with E-state index in [0.717, 1.165) is 0 Å². The minimum Gasteiger partial charge on any atom is -0.482 e. The van der Waals surface area contributed by atoms with Crippen molar-refractivity contribution >= 4 is 40.5 Å². The normalized spacial score (nSPS) is 10.1. The maximum absolute atomic E-state index is 11.8. The molecule has 0 aliphatic carbocycles. The van der Waals surface area contributed by atoms with Crippen LogP contribution in [0, 0.1) is 10.1 Å². The van der Waals surface area contributed by atoms with Crippen LogP contribution in [0.4, 0.5) is 11.4 Å². The Balaban J connectivity index is 2.00. The largest absolute Gasteiger partial charge is 0.482 e. The standard InChI is InChI=1S/C14H10Cl2N2O4/c15-9-5-6-13(10(16)7-9)22-8-14(19)17-11-3-1-2-4-12(11)18(20)21/h1-7H,8H2,(H,17,19). The highest BCUT2D eigenvalue weighted by atomic mass is 35.5. The molecule has 0 heterocycles. The van der Waals surface area contributed by atoms with Gasteiger partial charge in [0, 0.05) is 11.1 Å². The fraction of sp³-hybridized carbons (Fsp3) is 0.0714. The number of carbonyl (C=O) groups excluding carboxylic acids is 1. The van der Waals surface area contributed by atoms with Crippen LogP contribution >= 0.6 is 23.2 Å². The molecule has 0 saturated heterocycles. The van der Waals surface area contributed by atoms with Crippen LogP contribution in [0.5, 0.6) is 5.75 Å². The van der Waals surface area contributed by atoms with Gasteiger partial charge in [-0.1, -0.05) is 35.3 Å². The maximum atomic E-state index is 11.8. The Hall–Kier alpha value is -2.31. The third kappa shape index (κ3) is 4.09. The van der Waals surface area contributed by atoms with Gasteiger partial charge < -0.3 is 10.1 Å². The molecule has 0 bridgehead atoms. The van der Waals surface area contributed by atoms with Gasteiger partial charge in [-0.2, -0.15) is 0 Å². The number of carbonyl (C=O) groups is 1. The fourth-order valence-electron chi connectivity index (χ4n) is 1.66. The van der Waals surface area contributed by atoms with Gasteiger partial charge in [-0.05, 0) is 24.3 Å². The molecule has 0 aliphatic heterocycles. The second kappa shape index (κ2) is 7.11. The van der Waals surface area contributed by atoms with Crippen molar-refractivity contribution in [3.05, 3.63) is 62.6 Å². The lowest BCUT2D eigenvalue weighted by atomic mass is 10.2. The van der Waals surface area contributed by atoms with E-state index in [4.69, 9.17) is 27.9 Å². The third-order valence-corrected chi connectivity index (χ3v) is 3.16. The highest BCUT2D eigenvalue weighted by Gasteiger charge is 2.15. The Kier molecular flexibility index (Phi) is 5.19. The van der Waals surface area contributed by atoms with Crippen LogP contribution in [0.3, 0.4) is 0 Å². The Labute approximate surface area is 135 Å². The summed E-state index contributed by atoms with van der Waals surface area (Å²) < 4.78 is 5.25. The number of nitro groups is 1. The van der Waals surface area contributed by atoms with Gasteiger partial charge in [0.25, 0.3) is 11.6 Å². The van der Waals surface area contributed by atoms with Gasteiger partial charge in [0.15, 0.2) is 6.61 Å². The molecule has 0 atom stereocenters. The molecule has 114 valence electrons. The van der Waals surface area contributed by atoms with E-state index in [-0.39, 0.29) is 23.0 Å². The van der Waals surface area contributed by atoms with Crippen LogP contribution in [-0.2, 0) is 4.79 Å². The molecule has 0 unspecified atom stereocenters. The van der Waals surface area contributed by atoms with Crippen LogP contribution in [0.1, 0.15) is 0 Å². The zero-order valence-corrected chi connectivity index (χ0v) is 12.6. The van der Waals surface area contributed by atoms with Crippen molar-refractivity contribution in [3.8, 4) is 5.75 Å². The molecule has 1 N–H and O–H groups in total. The summed E-state index contributed by atoms with van der Waals surface area (Å²) in [5.74, 6) is -0.246. The van der Waals surface area contributed by atoms with E-state index in [1.165, 1.54) is 30.3 Å². The number of anilines is 1. The molecule has 0 aromatic heterocycles. The minimum atomic E-state index is -0.577. The van der Waals surface area contributed by atoms with E-state index < -0.39 is 10.8 Å². The first kappa shape index (κ1) is 16.1. The van der Waals surface area contributed by atoms with Crippen molar-refractivity contribution in [2.24, 2.45) is 0 Å². The zero-order chi connectivity index (χ0) is 16.1. The molecule has 2 aromatic carbocycles. The lowest BCUT2D eigenvalue weighted by Crippen LogP contribution is -2.20. The van der Waals surface area contributed by atoms with Crippen LogP contribution in [0.25, 0.3) is 0 Å². The number of rotatable bonds is 5. The van der Waals surface area contributed by atoms with Crippen molar-refractivity contribution < 1.29 is 14.5 Å². The van der Waals surface area contributed by atoms with E-state index in [1.54, 1.807) is 12.1 Å². The highest BCUT2D eigenvalue weighted by Crippen LogP contribution is 2.27. The summed E-state index contributed by atoms with van der Waals surface area (Å²) in [6.07, 6.45) is 0. The Bertz CT molecular complexity index is 722. The highest BCUT2D eigenvalue weighted by molar-refractivity contribution is 6.35. The summed E-state index contributed by atoms with van der Waals surface area (Å²) in [5, 5.41) is 14.0. The predicted molar refractivity (Wildman–Crippen MR) is 83.7 cm³/mol. The van der Waals surface area contributed by atoms with E-state index in [0.29, 0.717) is 10.8 Å². The summed E-state index contributed by atoms with van der Waals surface area (Å²) in [6, 6.07) is 10.4. The first-order valence-electron chi connectivity index (χ1n) is 6.08. The van der Waals surface area contributed by atoms with Crippen LogP contribution in [-0.4, -0.2) is 17.4 Å².